The van der Waals surface area contributed by atoms with E-state index in [1.165, 1.54) is 74.9 Å². The highest BCUT2D eigenvalue weighted by atomic mass is 32.2. The zero-order valence-electron chi connectivity index (χ0n) is 30.4. The van der Waals surface area contributed by atoms with Gasteiger partial charge in [0, 0.05) is 0 Å². The van der Waals surface area contributed by atoms with E-state index in [9.17, 15) is 19.6 Å². The lowest BCUT2D eigenvalue weighted by Crippen LogP contribution is -2.30. The highest BCUT2D eigenvalue weighted by Gasteiger charge is 2.37. The van der Waals surface area contributed by atoms with Gasteiger partial charge in [-0.1, -0.05) is 63.1 Å². The van der Waals surface area contributed by atoms with Crippen LogP contribution < -0.4 is 9.47 Å². The maximum atomic E-state index is 13.6. The molecule has 4 saturated carbocycles. The van der Waals surface area contributed by atoms with Crippen molar-refractivity contribution in [2.45, 2.75) is 146 Å². The summed E-state index contributed by atoms with van der Waals surface area (Å²) in [5.74, 6) is 3.90. The van der Waals surface area contributed by atoms with Gasteiger partial charge < -0.3 is 14.2 Å². The fourth-order valence-corrected chi connectivity index (χ4v) is 11.7. The minimum Gasteiger partial charge on any atom is -0.459 e. The van der Waals surface area contributed by atoms with E-state index in [-0.39, 0.29) is 35.5 Å². The first-order chi connectivity index (χ1) is 24.1. The molecule has 0 radical (unpaired) electrons. The van der Waals surface area contributed by atoms with Crippen LogP contribution in [-0.4, -0.2) is 24.0 Å². The van der Waals surface area contributed by atoms with E-state index < -0.39 is 5.97 Å². The van der Waals surface area contributed by atoms with Crippen molar-refractivity contribution >= 4 is 41.4 Å². The zero-order chi connectivity index (χ0) is 35.4. The lowest BCUT2D eigenvalue weighted by atomic mass is 9.69. The molecule has 7 nitrogen and oxygen atoms in total. The lowest BCUT2D eigenvalue weighted by Gasteiger charge is -2.36. The molecule has 6 rings (SSSR count). The Morgan fingerprint density at radius 1 is 0.640 bits per heavy atom. The largest absolute Gasteiger partial charge is 0.459 e. The third kappa shape index (κ3) is 8.95. The number of nitriles is 1. The molecule has 0 atom stereocenters. The molecule has 0 bridgehead atoms. The van der Waals surface area contributed by atoms with Crippen molar-refractivity contribution < 1.29 is 28.6 Å². The Morgan fingerprint density at radius 3 is 1.34 bits per heavy atom. The molecular formula is C41H55NO6S2. The van der Waals surface area contributed by atoms with Gasteiger partial charge in [-0.15, -0.1) is 0 Å². The first kappa shape index (κ1) is 37.3. The minimum absolute atomic E-state index is 0.106. The summed E-state index contributed by atoms with van der Waals surface area (Å²) in [6, 6.07) is 5.42. The van der Waals surface area contributed by atoms with Crippen LogP contribution in [-0.2, 0) is 19.1 Å². The van der Waals surface area contributed by atoms with Crippen LogP contribution in [0.3, 0.4) is 0 Å². The molecule has 9 heteroatoms. The van der Waals surface area contributed by atoms with Crippen LogP contribution in [0.1, 0.15) is 130 Å². The number of ether oxygens (including phenoxy) is 3. The van der Waals surface area contributed by atoms with Crippen LogP contribution in [0.4, 0.5) is 0 Å². The molecule has 5 aliphatic rings. The number of nitrogens with zero attached hydrogens (tertiary/aromatic N) is 1. The fraction of sp³-hybridized carbons (Fsp3) is 0.707. The van der Waals surface area contributed by atoms with Gasteiger partial charge in [-0.2, -0.15) is 5.26 Å². The molecule has 4 aliphatic carbocycles. The predicted octanol–water partition coefficient (Wildman–Crippen LogP) is 10.6. The number of carbonyl (C=O) groups excluding carboxylic acids is 3. The molecule has 4 fully saturated rings. The van der Waals surface area contributed by atoms with Crippen LogP contribution in [0.5, 0.6) is 11.5 Å². The van der Waals surface area contributed by atoms with Crippen molar-refractivity contribution in [1.82, 2.24) is 0 Å². The van der Waals surface area contributed by atoms with Gasteiger partial charge in [0.15, 0.2) is 5.57 Å². The van der Waals surface area contributed by atoms with Gasteiger partial charge in [-0.3, -0.25) is 9.59 Å². The van der Waals surface area contributed by atoms with Gasteiger partial charge in [-0.25, -0.2) is 4.79 Å². The smallest absolute Gasteiger partial charge is 0.350 e. The average molecular weight is 722 g/mol. The van der Waals surface area contributed by atoms with Crippen LogP contribution in [0.2, 0.25) is 0 Å². The topological polar surface area (TPSA) is 103 Å². The van der Waals surface area contributed by atoms with E-state index in [4.69, 9.17) is 14.2 Å². The van der Waals surface area contributed by atoms with Crippen molar-refractivity contribution in [3.63, 3.8) is 0 Å². The van der Waals surface area contributed by atoms with E-state index in [2.05, 4.69) is 13.8 Å². The van der Waals surface area contributed by atoms with E-state index >= 15 is 0 Å². The molecule has 0 amide bonds. The number of thioether (sulfide) groups is 2. The molecule has 0 saturated heterocycles. The first-order valence-electron chi connectivity index (χ1n) is 19.4. The second kappa shape index (κ2) is 16.9. The van der Waals surface area contributed by atoms with Crippen LogP contribution in [0, 0.1) is 58.7 Å². The Bertz CT molecular complexity index is 1380. The molecule has 0 unspecified atom stereocenters. The third-order valence-electron chi connectivity index (χ3n) is 12.4. The van der Waals surface area contributed by atoms with Crippen molar-refractivity contribution in [3.05, 3.63) is 21.9 Å². The molecule has 0 spiro atoms. The molecule has 1 heterocycles. The van der Waals surface area contributed by atoms with Crippen molar-refractivity contribution in [3.8, 4) is 17.6 Å². The lowest BCUT2D eigenvalue weighted by molar-refractivity contribution is -0.142. The summed E-state index contributed by atoms with van der Waals surface area (Å²) in [7, 11) is 0. The van der Waals surface area contributed by atoms with E-state index in [0.717, 1.165) is 75.0 Å². The summed E-state index contributed by atoms with van der Waals surface area (Å²) >= 11 is 2.41. The number of hydrogen-bond acceptors (Lipinski definition) is 9. The highest BCUT2D eigenvalue weighted by molar-refractivity contribution is 8.24. The van der Waals surface area contributed by atoms with Gasteiger partial charge in [0.25, 0.3) is 0 Å². The quantitative estimate of drug-likeness (QED) is 0.112. The van der Waals surface area contributed by atoms with Crippen molar-refractivity contribution in [2.75, 3.05) is 0 Å². The first-order valence-corrected chi connectivity index (χ1v) is 21.0. The van der Waals surface area contributed by atoms with Crippen LogP contribution in [0.25, 0.3) is 0 Å². The Kier molecular flexibility index (Phi) is 12.6. The Labute approximate surface area is 307 Å². The monoisotopic (exact) mass is 721 g/mol. The van der Waals surface area contributed by atoms with E-state index in [1.54, 1.807) is 26.0 Å². The second-order valence-corrected chi connectivity index (χ2v) is 18.6. The number of esters is 3. The zero-order valence-corrected chi connectivity index (χ0v) is 32.0. The number of fused-ring (bicyclic) bond motifs is 1. The summed E-state index contributed by atoms with van der Waals surface area (Å²) in [5.41, 5.74) is -0.106. The van der Waals surface area contributed by atoms with E-state index in [1.807, 2.05) is 6.07 Å². The molecule has 1 aromatic rings. The van der Waals surface area contributed by atoms with Crippen molar-refractivity contribution in [1.29, 1.82) is 5.26 Å². The Hall–Kier alpha value is -2.44. The molecule has 50 heavy (non-hydrogen) atoms. The molecule has 1 aromatic carbocycles. The normalized spacial score (nSPS) is 31.3. The predicted molar refractivity (Wildman–Crippen MR) is 196 cm³/mol. The SMILES string of the molecule is CC1CCC(C2CCC(C(=O)Oc3ccc(OC(=O)C4CCC(C5CCC(C)CC5)CC4)c4c3SC(=C(C#N)C(=O)OC(C)C)S4)CC2)CC1. The summed E-state index contributed by atoms with van der Waals surface area (Å²) < 4.78 is 18.0. The Balaban J connectivity index is 1.14. The van der Waals surface area contributed by atoms with Gasteiger partial charge >= 0.3 is 17.9 Å². The van der Waals surface area contributed by atoms with Crippen molar-refractivity contribution in [2.24, 2.45) is 47.3 Å². The van der Waals surface area contributed by atoms with Crippen LogP contribution in [0.15, 0.2) is 31.7 Å². The van der Waals surface area contributed by atoms with Gasteiger partial charge in [-0.05, 0) is 139 Å². The Morgan fingerprint density at radius 2 is 1.00 bits per heavy atom. The number of hydrogen-bond donors (Lipinski definition) is 0. The number of carbonyl (C=O) groups is 3. The second-order valence-electron chi connectivity index (χ2n) is 16.3. The minimum atomic E-state index is -0.698. The van der Waals surface area contributed by atoms with Gasteiger partial charge in [0.05, 0.1) is 32.0 Å². The molecule has 272 valence electrons. The molecule has 1 aliphatic heterocycles. The number of rotatable bonds is 8. The fourth-order valence-electron chi connectivity index (χ4n) is 9.19. The molecule has 0 aromatic heterocycles. The van der Waals surface area contributed by atoms with Gasteiger partial charge in [0.2, 0.25) is 0 Å². The summed E-state index contributed by atoms with van der Waals surface area (Å²) in [6.07, 6.45) is 17.7. The van der Waals surface area contributed by atoms with E-state index in [0.29, 0.717) is 37.4 Å². The third-order valence-corrected chi connectivity index (χ3v) is 15.0. The number of benzene rings is 1. The maximum absolute atomic E-state index is 13.6. The summed E-state index contributed by atoms with van der Waals surface area (Å²) in [4.78, 5) is 41.2. The average Bonchev–Trinajstić information content (AvgIpc) is 3.56. The highest BCUT2D eigenvalue weighted by Crippen LogP contribution is 2.59. The molecule has 0 N–H and O–H groups in total. The summed E-state index contributed by atoms with van der Waals surface area (Å²) in [6.45, 7) is 8.19. The van der Waals surface area contributed by atoms with Crippen LogP contribution >= 0.6 is 23.5 Å². The molecular weight excluding hydrogens is 667 g/mol. The van der Waals surface area contributed by atoms with Gasteiger partial charge in [0.1, 0.15) is 17.6 Å². The maximum Gasteiger partial charge on any atom is 0.350 e. The standard InChI is InChI=1S/C41H55NO6S2/c1-24(2)46-40(45)33(23-42)41-49-36-34(47-38(43)31-17-13-29(14-18-31)27-9-5-25(3)6-10-27)21-22-35(37(36)50-41)48-39(44)32-19-15-30(16-20-32)28-11-7-26(4)8-12-28/h21-22,24-32H,5-20H2,1-4H3. The summed E-state index contributed by atoms with van der Waals surface area (Å²) in [5, 5.41) is 9.97.